The average molecular weight is 423 g/mol. The molecule has 0 saturated heterocycles. The maximum Gasteiger partial charge on any atom is 0.337 e. The molecule has 3 rings (SSSR count). The molecule has 162 valence electrons. The van der Waals surface area contributed by atoms with Crippen LogP contribution in [0, 0.1) is 0 Å². The number of carbonyl (C=O) groups is 2. The summed E-state index contributed by atoms with van der Waals surface area (Å²) in [6.07, 6.45) is 0. The lowest BCUT2D eigenvalue weighted by molar-refractivity contribution is -0.136. The minimum absolute atomic E-state index is 0.0906. The van der Waals surface area contributed by atoms with Crippen molar-refractivity contribution >= 4 is 34.6 Å². The Balaban J connectivity index is 1.71. The van der Waals surface area contributed by atoms with Crippen molar-refractivity contribution in [2.24, 2.45) is 10.2 Å². The van der Waals surface area contributed by atoms with Gasteiger partial charge in [-0.05, 0) is 48.5 Å². The minimum atomic E-state index is -0.581. The van der Waals surface area contributed by atoms with Crippen molar-refractivity contribution in [2.45, 2.75) is 0 Å². The lowest BCUT2D eigenvalue weighted by Gasteiger charge is -2.15. The summed E-state index contributed by atoms with van der Waals surface area (Å²) in [6, 6.07) is 14.7. The molecule has 1 heterocycles. The van der Waals surface area contributed by atoms with Gasteiger partial charge in [-0.25, -0.2) is 4.79 Å². The van der Waals surface area contributed by atoms with Crippen molar-refractivity contribution in [3.8, 4) is 0 Å². The third-order valence-corrected chi connectivity index (χ3v) is 4.74. The fourth-order valence-corrected chi connectivity index (χ4v) is 3.04. The van der Waals surface area contributed by atoms with Crippen LogP contribution in [0.15, 0.2) is 70.0 Å². The molecule has 0 aromatic heterocycles. The van der Waals surface area contributed by atoms with Gasteiger partial charge in [0, 0.05) is 32.0 Å². The number of nitrogens with zero attached hydrogens (tertiary/aromatic N) is 4. The summed E-state index contributed by atoms with van der Waals surface area (Å²) < 4.78 is 4.78. The first-order valence-corrected chi connectivity index (χ1v) is 9.70. The maximum absolute atomic E-state index is 12.6. The van der Waals surface area contributed by atoms with Crippen LogP contribution in [0.1, 0.15) is 0 Å². The number of esters is 1. The van der Waals surface area contributed by atoms with Crippen molar-refractivity contribution in [1.82, 2.24) is 4.90 Å². The van der Waals surface area contributed by atoms with Gasteiger partial charge in [0.25, 0.3) is 5.91 Å². The van der Waals surface area contributed by atoms with Crippen LogP contribution in [0.2, 0.25) is 0 Å². The Bertz CT molecular complexity index is 998. The SMILES string of the molecule is COC(=O)C1=C(Nc2ccc(N=Nc3ccc(N(C)C)cc3)cc2)C(=O)N(CCO)C1. The molecule has 0 bridgehead atoms. The summed E-state index contributed by atoms with van der Waals surface area (Å²) in [7, 11) is 5.21. The molecule has 0 unspecified atom stereocenters. The third-order valence-electron chi connectivity index (χ3n) is 4.74. The number of methoxy groups -OCH3 is 1. The van der Waals surface area contributed by atoms with Crippen LogP contribution in [0.25, 0.3) is 0 Å². The Labute approximate surface area is 180 Å². The molecule has 0 aliphatic carbocycles. The lowest BCUT2D eigenvalue weighted by atomic mass is 10.2. The van der Waals surface area contributed by atoms with Crippen molar-refractivity contribution in [1.29, 1.82) is 0 Å². The van der Waals surface area contributed by atoms with E-state index >= 15 is 0 Å². The number of hydrogen-bond acceptors (Lipinski definition) is 8. The Morgan fingerprint density at radius 3 is 2.19 bits per heavy atom. The number of amides is 1. The highest BCUT2D eigenvalue weighted by molar-refractivity contribution is 6.08. The topological polar surface area (TPSA) is 107 Å². The van der Waals surface area contributed by atoms with Gasteiger partial charge in [-0.3, -0.25) is 4.79 Å². The van der Waals surface area contributed by atoms with Crippen molar-refractivity contribution < 1.29 is 19.4 Å². The summed E-state index contributed by atoms with van der Waals surface area (Å²) in [5.74, 6) is -0.943. The Hall–Kier alpha value is -3.72. The molecule has 0 atom stereocenters. The van der Waals surface area contributed by atoms with Gasteiger partial charge < -0.3 is 25.0 Å². The van der Waals surface area contributed by atoms with E-state index in [4.69, 9.17) is 9.84 Å². The molecular weight excluding hydrogens is 398 g/mol. The fraction of sp³-hybridized carbons (Fsp3) is 0.273. The lowest BCUT2D eigenvalue weighted by Crippen LogP contribution is -2.31. The van der Waals surface area contributed by atoms with Crippen LogP contribution >= 0.6 is 0 Å². The zero-order valence-electron chi connectivity index (χ0n) is 17.7. The zero-order valence-corrected chi connectivity index (χ0v) is 17.7. The summed E-state index contributed by atoms with van der Waals surface area (Å²) in [5, 5.41) is 20.6. The van der Waals surface area contributed by atoms with E-state index in [1.54, 1.807) is 24.3 Å². The second-order valence-corrected chi connectivity index (χ2v) is 7.08. The molecular formula is C22H25N5O4. The number of benzene rings is 2. The third kappa shape index (κ3) is 5.26. The number of β-amino-alcohol motifs (C(OH)–C–C–N with tert-alkyl or cyclic N) is 1. The zero-order chi connectivity index (χ0) is 22.4. The molecule has 2 aromatic rings. The van der Waals surface area contributed by atoms with Gasteiger partial charge >= 0.3 is 5.97 Å². The van der Waals surface area contributed by atoms with E-state index in [1.165, 1.54) is 12.0 Å². The van der Waals surface area contributed by atoms with Crippen LogP contribution in [-0.2, 0) is 14.3 Å². The van der Waals surface area contributed by atoms with Crippen LogP contribution in [0.3, 0.4) is 0 Å². The smallest absolute Gasteiger partial charge is 0.337 e. The molecule has 9 heteroatoms. The highest BCUT2D eigenvalue weighted by Crippen LogP contribution is 2.25. The van der Waals surface area contributed by atoms with Gasteiger partial charge in [-0.15, -0.1) is 0 Å². The van der Waals surface area contributed by atoms with Crippen molar-refractivity contribution in [2.75, 3.05) is 51.1 Å². The number of hydrogen-bond donors (Lipinski definition) is 2. The van der Waals surface area contributed by atoms with Crippen LogP contribution < -0.4 is 10.2 Å². The van der Waals surface area contributed by atoms with E-state index in [2.05, 4.69) is 15.5 Å². The molecule has 2 aromatic carbocycles. The highest BCUT2D eigenvalue weighted by Gasteiger charge is 2.34. The molecule has 9 nitrogen and oxygen atoms in total. The van der Waals surface area contributed by atoms with Crippen molar-refractivity contribution in [3.63, 3.8) is 0 Å². The number of rotatable bonds is 8. The number of aliphatic hydroxyl groups is 1. The normalized spacial score (nSPS) is 13.8. The van der Waals surface area contributed by atoms with Crippen molar-refractivity contribution in [3.05, 3.63) is 59.8 Å². The molecule has 0 fully saturated rings. The predicted molar refractivity (Wildman–Crippen MR) is 118 cm³/mol. The maximum atomic E-state index is 12.6. The van der Waals surface area contributed by atoms with Gasteiger partial charge in [0.1, 0.15) is 5.70 Å². The van der Waals surface area contributed by atoms with E-state index in [1.807, 2.05) is 43.3 Å². The average Bonchev–Trinajstić information content (AvgIpc) is 3.08. The summed E-state index contributed by atoms with van der Waals surface area (Å²) in [4.78, 5) is 28.0. The Morgan fingerprint density at radius 1 is 1.10 bits per heavy atom. The van der Waals surface area contributed by atoms with Crippen LogP contribution in [0.5, 0.6) is 0 Å². The monoisotopic (exact) mass is 423 g/mol. The van der Waals surface area contributed by atoms with Gasteiger partial charge in [0.05, 0.1) is 37.2 Å². The number of aliphatic hydroxyl groups excluding tert-OH is 1. The van der Waals surface area contributed by atoms with Gasteiger partial charge in [0.2, 0.25) is 0 Å². The van der Waals surface area contributed by atoms with Gasteiger partial charge in [-0.1, -0.05) is 0 Å². The minimum Gasteiger partial charge on any atom is -0.466 e. The van der Waals surface area contributed by atoms with Gasteiger partial charge in [-0.2, -0.15) is 10.2 Å². The Kier molecular flexibility index (Phi) is 6.99. The standard InChI is InChI=1S/C22H25N5O4/c1-26(2)18-10-8-17(9-11-18)25-24-16-6-4-15(5-7-16)23-20-19(22(30)31-3)14-27(12-13-28)21(20)29/h4-11,23,28H,12-14H2,1-3H3. The molecule has 1 amide bonds. The largest absolute Gasteiger partial charge is 0.466 e. The number of anilines is 2. The second kappa shape index (κ2) is 9.86. The quantitative estimate of drug-likeness (QED) is 0.499. The second-order valence-electron chi connectivity index (χ2n) is 7.08. The first-order valence-electron chi connectivity index (χ1n) is 9.70. The molecule has 0 saturated carbocycles. The number of azo groups is 1. The molecule has 2 N–H and O–H groups in total. The first-order chi connectivity index (χ1) is 14.9. The molecule has 0 spiro atoms. The van der Waals surface area contributed by atoms with E-state index in [0.717, 1.165) is 11.4 Å². The summed E-state index contributed by atoms with van der Waals surface area (Å²) in [6.45, 7) is 0.0394. The first kappa shape index (κ1) is 22.0. The van der Waals surface area contributed by atoms with E-state index in [-0.39, 0.29) is 36.9 Å². The molecule has 0 radical (unpaired) electrons. The van der Waals surface area contributed by atoms with E-state index < -0.39 is 5.97 Å². The van der Waals surface area contributed by atoms with E-state index in [9.17, 15) is 9.59 Å². The summed E-state index contributed by atoms with van der Waals surface area (Å²) in [5.41, 5.74) is 3.45. The van der Waals surface area contributed by atoms with E-state index in [0.29, 0.717) is 11.4 Å². The van der Waals surface area contributed by atoms with Gasteiger partial charge in [0.15, 0.2) is 0 Å². The number of carbonyl (C=O) groups excluding carboxylic acids is 2. The van der Waals surface area contributed by atoms with Crippen LogP contribution in [0.4, 0.5) is 22.7 Å². The number of nitrogens with one attached hydrogen (secondary N) is 1. The molecule has 31 heavy (non-hydrogen) atoms. The summed E-state index contributed by atoms with van der Waals surface area (Å²) >= 11 is 0. The molecule has 1 aliphatic rings. The fourth-order valence-electron chi connectivity index (χ4n) is 3.04. The Morgan fingerprint density at radius 2 is 1.68 bits per heavy atom. The highest BCUT2D eigenvalue weighted by atomic mass is 16.5. The van der Waals surface area contributed by atoms with Crippen LogP contribution in [-0.4, -0.2) is 62.8 Å². The predicted octanol–water partition coefficient (Wildman–Crippen LogP) is 2.84. The molecule has 1 aliphatic heterocycles. The number of ether oxygens (including phenoxy) is 1.